The lowest BCUT2D eigenvalue weighted by Gasteiger charge is -2.15. The van der Waals surface area contributed by atoms with Gasteiger partial charge in [0.15, 0.2) is 0 Å². The summed E-state index contributed by atoms with van der Waals surface area (Å²) in [6.07, 6.45) is 5.29. The van der Waals surface area contributed by atoms with Crippen molar-refractivity contribution in [3.8, 4) is 0 Å². The van der Waals surface area contributed by atoms with E-state index in [0.29, 0.717) is 11.8 Å². The zero-order chi connectivity index (χ0) is 10.4. The lowest BCUT2D eigenvalue weighted by molar-refractivity contribution is -0.121. The Kier molecular flexibility index (Phi) is 4.39. The summed E-state index contributed by atoms with van der Waals surface area (Å²) in [6.45, 7) is 3.99. The lowest BCUT2D eigenvalue weighted by atomic mass is 10.1. The van der Waals surface area contributed by atoms with Crippen LogP contribution < -0.4 is 10.6 Å². The molecule has 2 N–H and O–H groups in total. The maximum absolute atomic E-state index is 11.3. The quantitative estimate of drug-likeness (QED) is 0.647. The van der Waals surface area contributed by atoms with Crippen molar-refractivity contribution in [3.05, 3.63) is 0 Å². The van der Waals surface area contributed by atoms with Crippen molar-refractivity contribution >= 4 is 5.91 Å². The first-order chi connectivity index (χ1) is 6.72. The molecule has 0 aromatic rings. The maximum atomic E-state index is 11.3. The van der Waals surface area contributed by atoms with Gasteiger partial charge in [-0.2, -0.15) is 0 Å². The summed E-state index contributed by atoms with van der Waals surface area (Å²) in [6, 6.07) is 0. The van der Waals surface area contributed by atoms with Crippen LogP contribution in [0.25, 0.3) is 0 Å². The number of hydrogen-bond acceptors (Lipinski definition) is 2. The SMILES string of the molecule is CCCCC(=O)NCC1(CNC)CC1. The predicted molar refractivity (Wildman–Crippen MR) is 58.1 cm³/mol. The van der Waals surface area contributed by atoms with Crippen molar-refractivity contribution in [1.29, 1.82) is 0 Å². The van der Waals surface area contributed by atoms with Crippen molar-refractivity contribution in [2.75, 3.05) is 20.1 Å². The van der Waals surface area contributed by atoms with Gasteiger partial charge in [0.1, 0.15) is 0 Å². The molecule has 1 saturated carbocycles. The van der Waals surface area contributed by atoms with Crippen LogP contribution in [0.5, 0.6) is 0 Å². The van der Waals surface area contributed by atoms with Crippen LogP contribution >= 0.6 is 0 Å². The van der Waals surface area contributed by atoms with E-state index in [4.69, 9.17) is 0 Å². The van der Waals surface area contributed by atoms with Crippen LogP contribution in [0.1, 0.15) is 39.0 Å². The molecule has 14 heavy (non-hydrogen) atoms. The molecule has 1 aliphatic rings. The molecule has 0 aliphatic heterocycles. The van der Waals surface area contributed by atoms with Crippen LogP contribution in [0.2, 0.25) is 0 Å². The Morgan fingerprint density at radius 3 is 2.57 bits per heavy atom. The Balaban J connectivity index is 2.10. The van der Waals surface area contributed by atoms with Gasteiger partial charge in [0, 0.05) is 24.9 Å². The molecule has 0 bridgehead atoms. The molecule has 0 aromatic carbocycles. The van der Waals surface area contributed by atoms with Crippen LogP contribution in [-0.2, 0) is 4.79 Å². The van der Waals surface area contributed by atoms with E-state index in [2.05, 4.69) is 17.6 Å². The molecular formula is C11H22N2O. The molecular weight excluding hydrogens is 176 g/mol. The van der Waals surface area contributed by atoms with Gasteiger partial charge in [-0.15, -0.1) is 0 Å². The number of amides is 1. The first-order valence-corrected chi connectivity index (χ1v) is 5.64. The highest BCUT2D eigenvalue weighted by molar-refractivity contribution is 5.75. The highest BCUT2D eigenvalue weighted by Gasteiger charge is 2.41. The molecule has 0 atom stereocenters. The Hall–Kier alpha value is -0.570. The molecule has 1 rings (SSSR count). The fourth-order valence-electron chi connectivity index (χ4n) is 1.68. The number of carbonyl (C=O) groups is 1. The van der Waals surface area contributed by atoms with E-state index in [1.54, 1.807) is 0 Å². The van der Waals surface area contributed by atoms with Gasteiger partial charge in [-0.3, -0.25) is 4.79 Å². The van der Waals surface area contributed by atoms with Gasteiger partial charge in [-0.25, -0.2) is 0 Å². The normalized spacial score (nSPS) is 17.9. The molecule has 0 saturated heterocycles. The number of nitrogens with one attached hydrogen (secondary N) is 2. The molecule has 0 heterocycles. The number of rotatable bonds is 7. The molecule has 1 aliphatic carbocycles. The molecule has 1 fully saturated rings. The van der Waals surface area contributed by atoms with Gasteiger partial charge in [0.25, 0.3) is 0 Å². The molecule has 0 unspecified atom stereocenters. The average Bonchev–Trinajstić information content (AvgIpc) is 2.93. The van der Waals surface area contributed by atoms with Gasteiger partial charge < -0.3 is 10.6 Å². The van der Waals surface area contributed by atoms with Gasteiger partial charge >= 0.3 is 0 Å². The number of hydrogen-bond donors (Lipinski definition) is 2. The first-order valence-electron chi connectivity index (χ1n) is 5.64. The maximum Gasteiger partial charge on any atom is 0.220 e. The minimum absolute atomic E-state index is 0.217. The smallest absolute Gasteiger partial charge is 0.220 e. The first kappa shape index (κ1) is 11.5. The summed E-state index contributed by atoms with van der Waals surface area (Å²) < 4.78 is 0. The molecule has 3 heteroatoms. The third-order valence-corrected chi connectivity index (χ3v) is 2.93. The Morgan fingerprint density at radius 1 is 1.36 bits per heavy atom. The van der Waals surface area contributed by atoms with E-state index in [1.165, 1.54) is 12.8 Å². The van der Waals surface area contributed by atoms with Crippen molar-refractivity contribution in [3.63, 3.8) is 0 Å². The van der Waals surface area contributed by atoms with Crippen LogP contribution in [0.3, 0.4) is 0 Å². The monoisotopic (exact) mass is 198 g/mol. The topological polar surface area (TPSA) is 41.1 Å². The Morgan fingerprint density at radius 2 is 2.07 bits per heavy atom. The fourth-order valence-corrected chi connectivity index (χ4v) is 1.68. The van der Waals surface area contributed by atoms with Gasteiger partial charge in [0.2, 0.25) is 5.91 Å². The summed E-state index contributed by atoms with van der Waals surface area (Å²) in [5.74, 6) is 0.217. The zero-order valence-electron chi connectivity index (χ0n) is 9.36. The highest BCUT2D eigenvalue weighted by Crippen LogP contribution is 2.44. The highest BCUT2D eigenvalue weighted by atomic mass is 16.1. The summed E-state index contributed by atoms with van der Waals surface area (Å²) in [5, 5.41) is 6.21. The third-order valence-electron chi connectivity index (χ3n) is 2.93. The molecule has 1 amide bonds. The minimum Gasteiger partial charge on any atom is -0.355 e. The van der Waals surface area contributed by atoms with E-state index >= 15 is 0 Å². The zero-order valence-corrected chi connectivity index (χ0v) is 9.36. The molecule has 0 radical (unpaired) electrons. The van der Waals surface area contributed by atoms with Gasteiger partial charge in [0.05, 0.1) is 0 Å². The molecule has 0 aromatic heterocycles. The Labute approximate surface area is 86.6 Å². The summed E-state index contributed by atoms with van der Waals surface area (Å²) in [7, 11) is 1.97. The van der Waals surface area contributed by atoms with Crippen LogP contribution in [0.4, 0.5) is 0 Å². The van der Waals surface area contributed by atoms with E-state index in [-0.39, 0.29) is 5.91 Å². The summed E-state index contributed by atoms with van der Waals surface area (Å²) in [4.78, 5) is 11.3. The predicted octanol–water partition coefficient (Wildman–Crippen LogP) is 1.29. The minimum atomic E-state index is 0.217. The third kappa shape index (κ3) is 3.66. The standard InChI is InChI=1S/C11H22N2O/c1-3-4-5-10(14)13-9-11(6-7-11)8-12-2/h12H,3-9H2,1-2H3,(H,13,14). The largest absolute Gasteiger partial charge is 0.355 e. The second-order valence-electron chi connectivity index (χ2n) is 4.41. The second kappa shape index (κ2) is 5.35. The number of unbranched alkanes of at least 4 members (excludes halogenated alkanes) is 1. The lowest BCUT2D eigenvalue weighted by Crippen LogP contribution is -2.34. The Bertz CT molecular complexity index is 188. The van der Waals surface area contributed by atoms with Crippen LogP contribution in [-0.4, -0.2) is 26.0 Å². The van der Waals surface area contributed by atoms with Crippen LogP contribution in [0, 0.1) is 5.41 Å². The molecule has 0 spiro atoms. The van der Waals surface area contributed by atoms with E-state index in [1.807, 2.05) is 7.05 Å². The van der Waals surface area contributed by atoms with Crippen molar-refractivity contribution in [2.45, 2.75) is 39.0 Å². The van der Waals surface area contributed by atoms with E-state index in [0.717, 1.165) is 25.9 Å². The number of carbonyl (C=O) groups excluding carboxylic acids is 1. The molecule has 82 valence electrons. The van der Waals surface area contributed by atoms with E-state index < -0.39 is 0 Å². The van der Waals surface area contributed by atoms with Crippen LogP contribution in [0.15, 0.2) is 0 Å². The van der Waals surface area contributed by atoms with E-state index in [9.17, 15) is 4.79 Å². The van der Waals surface area contributed by atoms with Gasteiger partial charge in [-0.1, -0.05) is 13.3 Å². The molecule has 3 nitrogen and oxygen atoms in total. The second-order valence-corrected chi connectivity index (χ2v) is 4.41. The van der Waals surface area contributed by atoms with Gasteiger partial charge in [-0.05, 0) is 26.3 Å². The van der Waals surface area contributed by atoms with Crippen molar-refractivity contribution < 1.29 is 4.79 Å². The summed E-state index contributed by atoms with van der Waals surface area (Å²) in [5.41, 5.74) is 0.386. The van der Waals surface area contributed by atoms with Crippen molar-refractivity contribution in [2.24, 2.45) is 5.41 Å². The fraction of sp³-hybridized carbons (Fsp3) is 0.909. The average molecular weight is 198 g/mol. The summed E-state index contributed by atoms with van der Waals surface area (Å²) >= 11 is 0. The van der Waals surface area contributed by atoms with Crippen molar-refractivity contribution in [1.82, 2.24) is 10.6 Å².